The van der Waals surface area contributed by atoms with E-state index in [0.29, 0.717) is 12.4 Å². The molecule has 0 saturated heterocycles. The van der Waals surface area contributed by atoms with Crippen molar-refractivity contribution in [3.05, 3.63) is 54.1 Å². The third-order valence-electron chi connectivity index (χ3n) is 3.18. The zero-order valence-corrected chi connectivity index (χ0v) is 11.9. The van der Waals surface area contributed by atoms with Crippen molar-refractivity contribution in [3.8, 4) is 11.1 Å². The second-order valence-electron chi connectivity index (χ2n) is 4.76. The Morgan fingerprint density at radius 1 is 1.19 bits per heavy atom. The average Bonchev–Trinajstić information content (AvgIpc) is 2.91. The van der Waals surface area contributed by atoms with E-state index in [1.165, 1.54) is 5.56 Å². The van der Waals surface area contributed by atoms with Gasteiger partial charge in [-0.2, -0.15) is 0 Å². The number of hydrogen-bond donors (Lipinski definition) is 0. The molecule has 0 bridgehead atoms. The van der Waals surface area contributed by atoms with Gasteiger partial charge in [-0.05, 0) is 19.4 Å². The van der Waals surface area contributed by atoms with Crippen molar-refractivity contribution < 1.29 is 9.53 Å². The molecule has 2 aromatic heterocycles. The minimum Gasteiger partial charge on any atom is -0.461 e. The number of carbonyl (C=O) groups is 1. The molecule has 0 amide bonds. The molecule has 0 atom stereocenters. The van der Waals surface area contributed by atoms with Gasteiger partial charge in [0.1, 0.15) is 0 Å². The van der Waals surface area contributed by atoms with E-state index in [2.05, 4.69) is 22.1 Å². The summed E-state index contributed by atoms with van der Waals surface area (Å²) >= 11 is 0. The Kier molecular flexibility index (Phi) is 3.39. The van der Waals surface area contributed by atoms with Crippen molar-refractivity contribution in [2.24, 2.45) is 0 Å². The molecular weight excluding hydrogens is 266 g/mol. The lowest BCUT2D eigenvalue weighted by atomic mass is 10.1. The van der Waals surface area contributed by atoms with Crippen LogP contribution in [0.3, 0.4) is 0 Å². The fourth-order valence-electron chi connectivity index (χ4n) is 2.08. The van der Waals surface area contributed by atoms with Crippen LogP contribution in [0.4, 0.5) is 0 Å². The number of aromatic nitrogens is 3. The molecule has 3 aromatic rings. The highest BCUT2D eigenvalue weighted by atomic mass is 16.5. The van der Waals surface area contributed by atoms with Gasteiger partial charge in [0, 0.05) is 24.2 Å². The van der Waals surface area contributed by atoms with Gasteiger partial charge in [0.2, 0.25) is 5.78 Å². The minimum atomic E-state index is -0.431. The van der Waals surface area contributed by atoms with Crippen LogP contribution in [0.1, 0.15) is 23.0 Å². The van der Waals surface area contributed by atoms with Gasteiger partial charge in [-0.1, -0.05) is 29.8 Å². The molecule has 5 heteroatoms. The molecule has 5 nitrogen and oxygen atoms in total. The van der Waals surface area contributed by atoms with Gasteiger partial charge < -0.3 is 4.74 Å². The van der Waals surface area contributed by atoms with E-state index >= 15 is 0 Å². The number of fused-ring (bicyclic) bond motifs is 1. The van der Waals surface area contributed by atoms with Crippen molar-refractivity contribution in [2.45, 2.75) is 13.8 Å². The maximum Gasteiger partial charge on any atom is 0.358 e. The first-order valence-electron chi connectivity index (χ1n) is 6.76. The van der Waals surface area contributed by atoms with Crippen molar-refractivity contribution in [1.29, 1.82) is 0 Å². The lowest BCUT2D eigenvalue weighted by molar-refractivity contribution is 0.0520. The maximum atomic E-state index is 11.7. The summed E-state index contributed by atoms with van der Waals surface area (Å²) in [7, 11) is 0. The molecule has 0 aliphatic rings. The van der Waals surface area contributed by atoms with Gasteiger partial charge in [-0.15, -0.1) is 0 Å². The molecule has 0 fully saturated rings. The fraction of sp³-hybridized carbons (Fsp3) is 0.188. The summed E-state index contributed by atoms with van der Waals surface area (Å²) in [6, 6.07) is 8.19. The molecular formula is C16H15N3O2. The SMILES string of the molecule is CCOC(=O)c1cn2cc(-c3ccc(C)cc3)cnc2n1. The summed E-state index contributed by atoms with van der Waals surface area (Å²) in [5.74, 6) is 0.0498. The molecule has 0 radical (unpaired) electrons. The molecule has 2 heterocycles. The number of aryl methyl sites for hydroxylation is 1. The molecule has 0 saturated carbocycles. The topological polar surface area (TPSA) is 56.5 Å². The third-order valence-corrected chi connectivity index (χ3v) is 3.18. The quantitative estimate of drug-likeness (QED) is 0.693. The van der Waals surface area contributed by atoms with Crippen molar-refractivity contribution in [3.63, 3.8) is 0 Å². The van der Waals surface area contributed by atoms with Gasteiger partial charge in [-0.25, -0.2) is 14.8 Å². The number of imidazole rings is 1. The Hall–Kier alpha value is -2.69. The highest BCUT2D eigenvalue weighted by Crippen LogP contribution is 2.19. The number of hydrogen-bond acceptors (Lipinski definition) is 4. The highest BCUT2D eigenvalue weighted by molar-refractivity contribution is 5.87. The van der Waals surface area contributed by atoms with E-state index in [-0.39, 0.29) is 5.69 Å². The lowest BCUT2D eigenvalue weighted by Gasteiger charge is -2.02. The van der Waals surface area contributed by atoms with Crippen molar-refractivity contribution in [2.75, 3.05) is 6.61 Å². The number of rotatable bonds is 3. The van der Waals surface area contributed by atoms with E-state index in [0.717, 1.165) is 11.1 Å². The van der Waals surface area contributed by atoms with E-state index in [4.69, 9.17) is 4.74 Å². The van der Waals surface area contributed by atoms with Crippen LogP contribution >= 0.6 is 0 Å². The third kappa shape index (κ3) is 2.63. The Balaban J connectivity index is 2.00. The van der Waals surface area contributed by atoms with Gasteiger partial charge in [-0.3, -0.25) is 4.40 Å². The van der Waals surface area contributed by atoms with E-state index in [1.54, 1.807) is 23.7 Å². The largest absolute Gasteiger partial charge is 0.461 e. The van der Waals surface area contributed by atoms with Gasteiger partial charge in [0.25, 0.3) is 0 Å². The van der Waals surface area contributed by atoms with Crippen LogP contribution in [-0.4, -0.2) is 26.9 Å². The monoisotopic (exact) mass is 281 g/mol. The first-order chi connectivity index (χ1) is 10.2. The first kappa shape index (κ1) is 13.3. The fourth-order valence-corrected chi connectivity index (χ4v) is 2.08. The second kappa shape index (κ2) is 5.36. The number of ether oxygens (including phenoxy) is 1. The number of esters is 1. The van der Waals surface area contributed by atoms with Crippen molar-refractivity contribution in [1.82, 2.24) is 14.4 Å². The van der Waals surface area contributed by atoms with Crippen LogP contribution in [-0.2, 0) is 4.74 Å². The Morgan fingerprint density at radius 2 is 1.95 bits per heavy atom. The molecule has 1 aromatic carbocycles. The standard InChI is InChI=1S/C16H15N3O2/c1-3-21-15(20)14-10-19-9-13(8-17-16(19)18-14)12-6-4-11(2)5-7-12/h4-10H,3H2,1-2H3. The molecule has 106 valence electrons. The average molecular weight is 281 g/mol. The van der Waals surface area contributed by atoms with Crippen LogP contribution in [0.2, 0.25) is 0 Å². The maximum absolute atomic E-state index is 11.7. The summed E-state index contributed by atoms with van der Waals surface area (Å²) in [6.45, 7) is 4.14. The molecule has 0 spiro atoms. The molecule has 0 aliphatic carbocycles. The summed E-state index contributed by atoms with van der Waals surface area (Å²) in [4.78, 5) is 20.1. The Morgan fingerprint density at radius 3 is 2.67 bits per heavy atom. The van der Waals surface area contributed by atoms with Crippen LogP contribution in [0.5, 0.6) is 0 Å². The van der Waals surface area contributed by atoms with Gasteiger partial charge >= 0.3 is 5.97 Å². The Bertz CT molecular complexity index is 791. The number of benzene rings is 1. The molecule has 21 heavy (non-hydrogen) atoms. The van der Waals surface area contributed by atoms with Gasteiger partial charge in [0.15, 0.2) is 5.69 Å². The number of nitrogens with zero attached hydrogens (tertiary/aromatic N) is 3. The zero-order chi connectivity index (χ0) is 14.8. The summed E-state index contributed by atoms with van der Waals surface area (Å²) < 4.78 is 6.68. The van der Waals surface area contributed by atoms with Crippen molar-refractivity contribution >= 4 is 11.7 Å². The molecule has 0 unspecified atom stereocenters. The highest BCUT2D eigenvalue weighted by Gasteiger charge is 2.12. The minimum absolute atomic E-state index is 0.269. The van der Waals surface area contributed by atoms with E-state index < -0.39 is 5.97 Å². The smallest absolute Gasteiger partial charge is 0.358 e. The predicted octanol–water partition coefficient (Wildman–Crippen LogP) is 2.88. The van der Waals surface area contributed by atoms with E-state index in [1.807, 2.05) is 25.3 Å². The Labute approximate surface area is 122 Å². The summed E-state index contributed by atoms with van der Waals surface area (Å²) in [5, 5.41) is 0. The first-order valence-corrected chi connectivity index (χ1v) is 6.76. The van der Waals surface area contributed by atoms with Gasteiger partial charge in [0.05, 0.1) is 6.61 Å². The second-order valence-corrected chi connectivity index (χ2v) is 4.76. The molecule has 3 rings (SSSR count). The predicted molar refractivity (Wildman–Crippen MR) is 79.1 cm³/mol. The summed E-state index contributed by atoms with van der Waals surface area (Å²) in [5.41, 5.74) is 3.52. The molecule has 0 aliphatic heterocycles. The number of carbonyl (C=O) groups excluding carboxylic acids is 1. The van der Waals surface area contributed by atoms with Crippen LogP contribution < -0.4 is 0 Å². The zero-order valence-electron chi connectivity index (χ0n) is 11.9. The van der Waals surface area contributed by atoms with Crippen LogP contribution in [0.15, 0.2) is 42.9 Å². The van der Waals surface area contributed by atoms with Crippen LogP contribution in [0.25, 0.3) is 16.9 Å². The molecule has 0 N–H and O–H groups in total. The normalized spacial score (nSPS) is 10.8. The summed E-state index contributed by atoms with van der Waals surface area (Å²) in [6.07, 6.45) is 5.29. The van der Waals surface area contributed by atoms with E-state index in [9.17, 15) is 4.79 Å². The lowest BCUT2D eigenvalue weighted by Crippen LogP contribution is -2.04. The van der Waals surface area contributed by atoms with Crippen LogP contribution in [0, 0.1) is 6.92 Å².